The number of piperazine rings is 1. The molecular formula is C24H24N4O5S. The van der Waals surface area contributed by atoms with Gasteiger partial charge in [0, 0.05) is 26.2 Å². The molecule has 0 unspecified atom stereocenters. The second kappa shape index (κ2) is 8.37. The number of carbonyl (C=O) groups is 1. The molecule has 0 aliphatic carbocycles. The fraction of sp³-hybridized carbons (Fsp3) is 0.292. The molecule has 1 fully saturated rings. The lowest BCUT2D eigenvalue weighted by Gasteiger charge is -2.34. The van der Waals surface area contributed by atoms with Gasteiger partial charge in [-0.2, -0.15) is 4.31 Å². The maximum absolute atomic E-state index is 13.5. The third kappa shape index (κ3) is 3.78. The zero-order chi connectivity index (χ0) is 24.0. The van der Waals surface area contributed by atoms with Crippen molar-refractivity contribution in [1.82, 2.24) is 19.3 Å². The predicted octanol–water partition coefficient (Wildman–Crippen LogP) is 3.55. The van der Waals surface area contributed by atoms with E-state index in [-0.39, 0.29) is 37.8 Å². The molecule has 0 bridgehead atoms. The highest BCUT2D eigenvalue weighted by Gasteiger charge is 2.32. The Bertz CT molecular complexity index is 1480. The van der Waals surface area contributed by atoms with Gasteiger partial charge in [-0.15, -0.1) is 0 Å². The number of rotatable bonds is 4. The number of carbonyl (C=O) groups excluding carboxylic acids is 1. The van der Waals surface area contributed by atoms with Gasteiger partial charge < -0.3 is 13.8 Å². The topological polar surface area (TPSA) is 110 Å². The number of furan rings is 1. The maximum atomic E-state index is 13.5. The summed E-state index contributed by atoms with van der Waals surface area (Å²) in [6, 6.07) is 10.6. The summed E-state index contributed by atoms with van der Waals surface area (Å²) in [6.45, 7) is 6.38. The van der Waals surface area contributed by atoms with Crippen LogP contribution in [0.2, 0.25) is 0 Å². The van der Waals surface area contributed by atoms with Gasteiger partial charge in [0.05, 0.1) is 27.8 Å². The molecule has 10 heteroatoms. The maximum Gasteiger partial charge on any atom is 0.259 e. The monoisotopic (exact) mass is 480 g/mol. The highest BCUT2D eigenvalue weighted by molar-refractivity contribution is 7.89. The normalized spacial score (nSPS) is 15.2. The largest absolute Gasteiger partial charge is 0.463 e. The molecule has 0 radical (unpaired) electrons. The van der Waals surface area contributed by atoms with Crippen molar-refractivity contribution in [3.05, 3.63) is 65.0 Å². The second-order valence-corrected chi connectivity index (χ2v) is 10.4. The quantitative estimate of drug-likeness (QED) is 0.439. The third-order valence-electron chi connectivity index (χ3n) is 6.11. The van der Waals surface area contributed by atoms with Crippen molar-refractivity contribution in [2.24, 2.45) is 0 Å². The van der Waals surface area contributed by atoms with Crippen LogP contribution in [0.5, 0.6) is 0 Å². The first-order valence-corrected chi connectivity index (χ1v) is 12.4. The minimum absolute atomic E-state index is 0.212. The molecule has 4 heterocycles. The average molecular weight is 481 g/mol. The van der Waals surface area contributed by atoms with Gasteiger partial charge in [-0.25, -0.2) is 13.4 Å². The number of amides is 1. The Morgan fingerprint density at radius 1 is 1.03 bits per heavy atom. The second-order valence-electron chi connectivity index (χ2n) is 8.45. The summed E-state index contributed by atoms with van der Waals surface area (Å²) in [4.78, 5) is 19.9. The van der Waals surface area contributed by atoms with Crippen molar-refractivity contribution in [3.8, 4) is 11.5 Å². The first-order chi connectivity index (χ1) is 16.3. The SMILES string of the molecule is Cc1ccc(C)c(S(=O)(=O)N2CCN(C(=O)c3cc(-c4ccco4)nc4onc(C)c34)CC2)c1. The standard InChI is InChI=1S/C24H24N4O5S/c1-15-6-7-16(2)21(13-15)34(30,31)28-10-8-27(9-11-28)24(29)18-14-19(20-5-4-12-32-20)25-23-22(18)17(3)26-33-23/h4-7,12-14H,8-11H2,1-3H3. The molecule has 9 nitrogen and oxygen atoms in total. The smallest absolute Gasteiger partial charge is 0.259 e. The Balaban J connectivity index is 1.41. The Hall–Kier alpha value is -3.50. The van der Waals surface area contributed by atoms with Crippen LogP contribution in [-0.2, 0) is 10.0 Å². The summed E-state index contributed by atoms with van der Waals surface area (Å²) < 4.78 is 38.7. The molecular weight excluding hydrogens is 456 g/mol. The number of aryl methyl sites for hydroxylation is 3. The Morgan fingerprint density at radius 2 is 1.79 bits per heavy atom. The van der Waals surface area contributed by atoms with Crippen LogP contribution in [0.25, 0.3) is 22.6 Å². The summed E-state index contributed by atoms with van der Waals surface area (Å²) in [6.07, 6.45) is 1.53. The highest BCUT2D eigenvalue weighted by Crippen LogP contribution is 2.29. The van der Waals surface area contributed by atoms with Crippen LogP contribution in [0.1, 0.15) is 27.2 Å². The van der Waals surface area contributed by atoms with E-state index in [9.17, 15) is 13.2 Å². The van der Waals surface area contributed by atoms with Gasteiger partial charge in [0.1, 0.15) is 5.69 Å². The fourth-order valence-electron chi connectivity index (χ4n) is 4.24. The number of hydrogen-bond acceptors (Lipinski definition) is 7. The molecule has 1 aromatic carbocycles. The van der Waals surface area contributed by atoms with Crippen molar-refractivity contribution >= 4 is 27.0 Å². The minimum Gasteiger partial charge on any atom is -0.463 e. The molecule has 1 amide bonds. The first-order valence-electron chi connectivity index (χ1n) is 10.9. The van der Waals surface area contributed by atoms with Crippen LogP contribution in [0.15, 0.2) is 56.5 Å². The number of nitrogens with zero attached hydrogens (tertiary/aromatic N) is 4. The molecule has 4 aromatic rings. The van der Waals surface area contributed by atoms with Crippen molar-refractivity contribution in [2.75, 3.05) is 26.2 Å². The lowest BCUT2D eigenvalue weighted by molar-refractivity contribution is 0.0699. The van der Waals surface area contributed by atoms with Crippen LogP contribution in [0, 0.1) is 20.8 Å². The van der Waals surface area contributed by atoms with Crippen molar-refractivity contribution in [1.29, 1.82) is 0 Å². The summed E-state index contributed by atoms with van der Waals surface area (Å²) in [5.41, 5.74) is 3.28. The van der Waals surface area contributed by atoms with Gasteiger partial charge in [0.25, 0.3) is 11.6 Å². The van der Waals surface area contributed by atoms with Gasteiger partial charge in [-0.3, -0.25) is 4.79 Å². The molecule has 0 saturated carbocycles. The van der Waals surface area contributed by atoms with E-state index in [0.717, 1.165) is 5.56 Å². The molecule has 0 spiro atoms. The van der Waals surface area contributed by atoms with Crippen molar-refractivity contribution in [2.45, 2.75) is 25.7 Å². The number of benzene rings is 1. The van der Waals surface area contributed by atoms with E-state index < -0.39 is 10.0 Å². The van der Waals surface area contributed by atoms with Crippen LogP contribution in [-0.4, -0.2) is 59.8 Å². The molecule has 1 aliphatic rings. The molecule has 0 atom stereocenters. The van der Waals surface area contributed by atoms with Crippen LogP contribution < -0.4 is 0 Å². The highest BCUT2D eigenvalue weighted by atomic mass is 32.2. The van der Waals surface area contributed by atoms with E-state index in [4.69, 9.17) is 8.94 Å². The van der Waals surface area contributed by atoms with Gasteiger partial charge in [-0.1, -0.05) is 17.3 Å². The van der Waals surface area contributed by atoms with E-state index in [1.807, 2.05) is 19.1 Å². The zero-order valence-electron chi connectivity index (χ0n) is 19.1. The van der Waals surface area contributed by atoms with Gasteiger partial charge >= 0.3 is 0 Å². The molecule has 34 heavy (non-hydrogen) atoms. The van der Waals surface area contributed by atoms with Gasteiger partial charge in [0.15, 0.2) is 5.76 Å². The Morgan fingerprint density at radius 3 is 2.50 bits per heavy atom. The van der Waals surface area contributed by atoms with Crippen LogP contribution in [0.4, 0.5) is 0 Å². The summed E-state index contributed by atoms with van der Waals surface area (Å²) in [5, 5.41) is 4.52. The summed E-state index contributed by atoms with van der Waals surface area (Å²) >= 11 is 0. The fourth-order valence-corrected chi connectivity index (χ4v) is 5.97. The summed E-state index contributed by atoms with van der Waals surface area (Å²) in [5.74, 6) is 0.282. The first kappa shape index (κ1) is 22.3. The van der Waals surface area contributed by atoms with Crippen molar-refractivity contribution in [3.63, 3.8) is 0 Å². The lowest BCUT2D eigenvalue weighted by atomic mass is 10.1. The van der Waals surface area contributed by atoms with E-state index in [0.29, 0.717) is 38.6 Å². The Kier molecular flexibility index (Phi) is 5.49. The number of fused-ring (bicyclic) bond motifs is 1. The molecule has 1 saturated heterocycles. The van der Waals surface area contributed by atoms with Gasteiger partial charge in [-0.05, 0) is 56.2 Å². The lowest BCUT2D eigenvalue weighted by Crippen LogP contribution is -2.50. The van der Waals surface area contributed by atoms with Crippen LogP contribution in [0.3, 0.4) is 0 Å². The third-order valence-corrected chi connectivity index (χ3v) is 8.15. The van der Waals surface area contributed by atoms with E-state index in [2.05, 4.69) is 10.1 Å². The number of aromatic nitrogens is 2. The summed E-state index contributed by atoms with van der Waals surface area (Å²) in [7, 11) is -3.65. The Labute approximate surface area is 197 Å². The predicted molar refractivity (Wildman–Crippen MR) is 125 cm³/mol. The number of sulfonamides is 1. The van der Waals surface area contributed by atoms with Crippen LogP contribution >= 0.6 is 0 Å². The minimum atomic E-state index is -3.65. The number of pyridine rings is 1. The number of hydrogen-bond donors (Lipinski definition) is 0. The van der Waals surface area contributed by atoms with Gasteiger partial charge in [0.2, 0.25) is 10.0 Å². The zero-order valence-corrected chi connectivity index (χ0v) is 19.9. The van der Waals surface area contributed by atoms with Crippen molar-refractivity contribution < 1.29 is 22.2 Å². The average Bonchev–Trinajstić information content (AvgIpc) is 3.50. The molecule has 0 N–H and O–H groups in total. The van der Waals surface area contributed by atoms with E-state index in [1.165, 1.54) is 10.6 Å². The molecule has 1 aliphatic heterocycles. The molecule has 3 aromatic heterocycles. The molecule has 5 rings (SSSR count). The van der Waals surface area contributed by atoms with E-state index >= 15 is 0 Å². The van der Waals surface area contributed by atoms with E-state index in [1.54, 1.807) is 43.0 Å². The molecule has 176 valence electrons.